The van der Waals surface area contributed by atoms with Gasteiger partial charge in [-0.2, -0.15) is 0 Å². The molecule has 7 heterocycles. The number of imidazole rings is 2. The maximum atomic E-state index is 7.02. The van der Waals surface area contributed by atoms with Crippen molar-refractivity contribution in [3.8, 4) is 11.5 Å². The molecule has 1 spiro atoms. The molecule has 0 bridgehead atoms. The van der Waals surface area contributed by atoms with Crippen LogP contribution in [0.4, 0.5) is 5.82 Å². The van der Waals surface area contributed by atoms with Crippen molar-refractivity contribution in [3.05, 3.63) is 88.6 Å². The fourth-order valence-corrected chi connectivity index (χ4v) is 8.40. The predicted octanol–water partition coefficient (Wildman–Crippen LogP) is 5.58. The highest BCUT2D eigenvalue weighted by Gasteiger charge is 2.75. The Balaban J connectivity index is 0.921. The highest BCUT2D eigenvalue weighted by atomic mass is 16.7. The minimum atomic E-state index is -1.09. The summed E-state index contributed by atoms with van der Waals surface area (Å²) in [5.41, 5.74) is 10.9. The number of fused-ring (bicyclic) bond motifs is 4. The van der Waals surface area contributed by atoms with E-state index in [2.05, 4.69) is 132 Å². The number of rotatable bonds is 10. The van der Waals surface area contributed by atoms with Crippen molar-refractivity contribution in [3.63, 3.8) is 0 Å². The second-order valence-corrected chi connectivity index (χ2v) is 15.5. The van der Waals surface area contributed by atoms with E-state index in [9.17, 15) is 0 Å². The van der Waals surface area contributed by atoms with Gasteiger partial charge in [0.1, 0.15) is 23.7 Å². The lowest BCUT2D eigenvalue weighted by Gasteiger charge is -2.30. The summed E-state index contributed by atoms with van der Waals surface area (Å²) in [4.78, 5) is 34.7. The van der Waals surface area contributed by atoms with Gasteiger partial charge in [0.15, 0.2) is 41.0 Å². The Morgan fingerprint density at radius 1 is 0.792 bits per heavy atom. The lowest BCUT2D eigenvalue weighted by molar-refractivity contribution is -0.867. The van der Waals surface area contributed by atoms with Crippen LogP contribution in [-0.2, 0) is 12.8 Å². The number of nitrogens with zero attached hydrogens (tertiary/aromatic N) is 9. The number of aromatic nitrogens is 8. The zero-order chi connectivity index (χ0) is 36.5. The maximum Gasteiger partial charge on any atom is 0.704 e. The molecule has 2 unspecified atom stereocenters. The number of H-pyrrole nitrogens is 2. The van der Waals surface area contributed by atoms with Gasteiger partial charge in [-0.3, -0.25) is 0 Å². The Morgan fingerprint density at radius 3 is 2.13 bits per heavy atom. The average Bonchev–Trinajstić information content (AvgIpc) is 3.87. The molecule has 1 fully saturated rings. The van der Waals surface area contributed by atoms with E-state index in [1.165, 1.54) is 11.1 Å². The summed E-state index contributed by atoms with van der Waals surface area (Å²) in [5, 5.41) is 0. The first-order valence-corrected chi connectivity index (χ1v) is 18.5. The highest BCUT2D eigenvalue weighted by molar-refractivity contribution is 5.85. The average molecular weight is 712 g/mol. The van der Waals surface area contributed by atoms with Crippen molar-refractivity contribution in [2.24, 2.45) is 0 Å². The molecular formula is C40H45N11O2+2. The molecule has 9 rings (SSSR count). The van der Waals surface area contributed by atoms with E-state index in [1.54, 1.807) is 25.3 Å². The zero-order valence-corrected chi connectivity index (χ0v) is 31.1. The summed E-state index contributed by atoms with van der Waals surface area (Å²) in [7, 11) is 2.06. The van der Waals surface area contributed by atoms with E-state index >= 15 is 0 Å². The monoisotopic (exact) mass is 711 g/mol. The van der Waals surface area contributed by atoms with Gasteiger partial charge in [-0.1, -0.05) is 28.2 Å². The van der Waals surface area contributed by atoms with Crippen molar-refractivity contribution in [2.75, 3.05) is 25.0 Å². The van der Waals surface area contributed by atoms with Gasteiger partial charge in [0.05, 0.1) is 29.5 Å². The zero-order valence-electron chi connectivity index (χ0n) is 31.1. The van der Waals surface area contributed by atoms with Crippen LogP contribution in [0.2, 0.25) is 0 Å². The van der Waals surface area contributed by atoms with Crippen molar-refractivity contribution in [1.82, 2.24) is 39.9 Å². The van der Waals surface area contributed by atoms with Crippen molar-refractivity contribution >= 4 is 40.6 Å². The first-order chi connectivity index (χ1) is 25.6. The fourth-order valence-electron chi connectivity index (χ4n) is 8.40. The molecule has 270 valence electrons. The molecule has 0 aliphatic carbocycles. The third-order valence-electron chi connectivity index (χ3n) is 11.0. The van der Waals surface area contributed by atoms with Crippen LogP contribution in [0.3, 0.4) is 0 Å². The molecule has 0 amide bonds. The summed E-state index contributed by atoms with van der Waals surface area (Å²) in [5.74, 6) is 2.89. The second kappa shape index (κ2) is 12.5. The van der Waals surface area contributed by atoms with E-state index in [-0.39, 0.29) is 5.54 Å². The molecule has 4 aromatic heterocycles. The molecule has 2 N–H and O–H groups in total. The van der Waals surface area contributed by atoms with Crippen molar-refractivity contribution in [1.29, 1.82) is 0 Å². The molecule has 2 aromatic carbocycles. The predicted molar refractivity (Wildman–Crippen MR) is 202 cm³/mol. The summed E-state index contributed by atoms with van der Waals surface area (Å²) < 4.78 is 18.5. The lowest BCUT2D eigenvalue weighted by atomic mass is 9.95. The quantitative estimate of drug-likeness (QED) is 0.175. The van der Waals surface area contributed by atoms with Gasteiger partial charge in [-0.15, -0.1) is 0 Å². The number of ether oxygens (including phenoxy) is 2. The number of aromatic amines is 2. The van der Waals surface area contributed by atoms with Crippen LogP contribution in [-0.4, -0.2) is 93.2 Å². The molecule has 0 radical (unpaired) electrons. The molecule has 2 atom stereocenters. The van der Waals surface area contributed by atoms with E-state index in [0.29, 0.717) is 11.6 Å². The summed E-state index contributed by atoms with van der Waals surface area (Å²) in [6.45, 7) is 12.6. The first kappa shape index (κ1) is 33.1. The third kappa shape index (κ3) is 5.60. The van der Waals surface area contributed by atoms with E-state index in [0.717, 1.165) is 107 Å². The number of aryl methyl sites for hydroxylation is 4. The van der Waals surface area contributed by atoms with Crippen LogP contribution in [0, 0.1) is 13.8 Å². The van der Waals surface area contributed by atoms with Crippen LogP contribution >= 0.6 is 0 Å². The molecule has 53 heavy (non-hydrogen) atoms. The van der Waals surface area contributed by atoms with Crippen LogP contribution in [0.5, 0.6) is 11.5 Å². The molecule has 13 nitrogen and oxygen atoms in total. The van der Waals surface area contributed by atoms with Crippen LogP contribution in [0.1, 0.15) is 85.0 Å². The third-order valence-corrected chi connectivity index (χ3v) is 11.0. The molecule has 3 aliphatic rings. The topological polar surface area (TPSA) is 137 Å². The normalized spacial score (nSPS) is 18.7. The molecule has 1 saturated heterocycles. The number of hydrogen-bond acceptors (Lipinski definition) is 9. The number of nitrogens with one attached hydrogen (secondary N) is 2. The maximum absolute atomic E-state index is 7.02. The van der Waals surface area contributed by atoms with Gasteiger partial charge in [0.2, 0.25) is 12.1 Å². The van der Waals surface area contributed by atoms with Crippen molar-refractivity contribution in [2.45, 2.75) is 84.2 Å². The lowest BCUT2D eigenvalue weighted by Crippen LogP contribution is -2.61. The van der Waals surface area contributed by atoms with E-state index < -0.39 is 6.03 Å². The summed E-state index contributed by atoms with van der Waals surface area (Å²) >= 11 is 0. The SMILES string of the molecule is Cc1cc(CCCC(C)c2ncnc3nc[nH]c23)cc2c1OC13Oc4c(C)cc(CCCN(C)c5ncnc6nc[nH]c56)cc4C=[N+]1C(C)(C)C[N+]3=C2. The van der Waals surface area contributed by atoms with Gasteiger partial charge < -0.3 is 24.3 Å². The standard InChI is InChI=1S/C40H45N11O2/c1-24(31-32-36(44-20-41-31)45-21-42-32)9-7-10-27-13-25(2)34-29(15-27)17-50-19-39(4,5)51-18-30-16-28(14-26(3)35(30)53-40(50,51)52-34)11-8-12-49(6)38-33-37(46-22-43-33)47-23-48-38/h13-18,20-24H,7-12,19H2,1-6H3,(H,41,42,44,45)(H,43,46,47,48)/q+2. The first-order valence-electron chi connectivity index (χ1n) is 18.5. The van der Waals surface area contributed by atoms with Gasteiger partial charge in [0, 0.05) is 33.4 Å². The Labute approximate surface area is 307 Å². The van der Waals surface area contributed by atoms with E-state index in [1.807, 2.05) is 0 Å². The molecule has 3 aliphatic heterocycles. The smallest absolute Gasteiger partial charge is 0.358 e. The number of anilines is 1. The molecule has 13 heteroatoms. The Morgan fingerprint density at radius 2 is 1.42 bits per heavy atom. The van der Waals surface area contributed by atoms with Gasteiger partial charge in [-0.05, 0) is 80.3 Å². The van der Waals surface area contributed by atoms with E-state index in [4.69, 9.17) is 9.47 Å². The Bertz CT molecular complexity index is 2460. The highest BCUT2D eigenvalue weighted by Crippen LogP contribution is 2.44. The number of benzene rings is 2. The fraction of sp³-hybridized carbons (Fsp3) is 0.400. The molecule has 6 aromatic rings. The Kier molecular flexibility index (Phi) is 7.79. The van der Waals surface area contributed by atoms with Gasteiger partial charge in [0.25, 0.3) is 0 Å². The minimum Gasteiger partial charge on any atom is -0.358 e. The van der Waals surface area contributed by atoms with Crippen molar-refractivity contribution < 1.29 is 18.6 Å². The van der Waals surface area contributed by atoms with Crippen LogP contribution < -0.4 is 14.4 Å². The molecular weight excluding hydrogens is 667 g/mol. The number of hydrogen-bond donors (Lipinski definition) is 2. The van der Waals surface area contributed by atoms with Crippen LogP contribution in [0.15, 0.2) is 49.6 Å². The Hall–Kier alpha value is -5.72. The van der Waals surface area contributed by atoms with Gasteiger partial charge >= 0.3 is 6.03 Å². The van der Waals surface area contributed by atoms with Gasteiger partial charge in [-0.25, -0.2) is 29.9 Å². The second-order valence-electron chi connectivity index (χ2n) is 15.5. The van der Waals surface area contributed by atoms with Crippen LogP contribution in [0.25, 0.3) is 22.3 Å². The largest absolute Gasteiger partial charge is 0.704 e. The summed E-state index contributed by atoms with van der Waals surface area (Å²) in [6, 6.07) is 7.98. The minimum absolute atomic E-state index is 0.244. The molecule has 0 saturated carbocycles. The summed E-state index contributed by atoms with van der Waals surface area (Å²) in [6.07, 6.45) is 15.9.